The Morgan fingerprint density at radius 2 is 1.80 bits per heavy atom. The van der Waals surface area contributed by atoms with Crippen LogP contribution in [0.15, 0.2) is 42.6 Å². The standard InChI is InChI=1S/C19H23N3O3/c1-24-16-8-6-15(7-9-16)21-11-4-12-22(14-13-21)19(23)17-5-3-10-20-18(17)25-2/h3,5-10H,4,11-14H2,1-2H3. The normalized spacial score (nSPS) is 14.8. The van der Waals surface area contributed by atoms with E-state index in [4.69, 9.17) is 9.47 Å². The summed E-state index contributed by atoms with van der Waals surface area (Å²) >= 11 is 0. The maximum atomic E-state index is 12.8. The predicted molar refractivity (Wildman–Crippen MR) is 96.5 cm³/mol. The average molecular weight is 341 g/mol. The van der Waals surface area contributed by atoms with Crippen molar-refractivity contribution in [1.82, 2.24) is 9.88 Å². The fourth-order valence-electron chi connectivity index (χ4n) is 3.06. The zero-order chi connectivity index (χ0) is 17.6. The summed E-state index contributed by atoms with van der Waals surface area (Å²) in [6.07, 6.45) is 2.55. The first-order valence-corrected chi connectivity index (χ1v) is 8.40. The number of hydrogen-bond donors (Lipinski definition) is 0. The van der Waals surface area contributed by atoms with E-state index >= 15 is 0 Å². The first kappa shape index (κ1) is 17.1. The molecule has 1 saturated heterocycles. The molecule has 6 nitrogen and oxygen atoms in total. The van der Waals surface area contributed by atoms with Gasteiger partial charge in [0, 0.05) is 38.1 Å². The molecule has 2 heterocycles. The summed E-state index contributed by atoms with van der Waals surface area (Å²) in [6, 6.07) is 11.6. The molecule has 0 N–H and O–H groups in total. The van der Waals surface area contributed by atoms with Gasteiger partial charge < -0.3 is 19.3 Å². The lowest BCUT2D eigenvalue weighted by molar-refractivity contribution is 0.0763. The second-order valence-corrected chi connectivity index (χ2v) is 5.89. The molecule has 25 heavy (non-hydrogen) atoms. The summed E-state index contributed by atoms with van der Waals surface area (Å²) in [6.45, 7) is 3.10. The van der Waals surface area contributed by atoms with Gasteiger partial charge in [0.1, 0.15) is 11.3 Å². The molecule has 3 rings (SSSR count). The van der Waals surface area contributed by atoms with Crippen LogP contribution < -0.4 is 14.4 Å². The number of amides is 1. The molecule has 1 aliphatic heterocycles. The highest BCUT2D eigenvalue weighted by Gasteiger charge is 2.23. The average Bonchev–Trinajstić information content (AvgIpc) is 2.93. The molecular formula is C19H23N3O3. The fraction of sp³-hybridized carbons (Fsp3) is 0.368. The quantitative estimate of drug-likeness (QED) is 0.855. The van der Waals surface area contributed by atoms with Gasteiger partial charge in [-0.05, 0) is 42.8 Å². The topological polar surface area (TPSA) is 54.9 Å². The van der Waals surface area contributed by atoms with E-state index in [2.05, 4.69) is 22.0 Å². The van der Waals surface area contributed by atoms with E-state index in [1.807, 2.05) is 17.0 Å². The van der Waals surface area contributed by atoms with E-state index in [-0.39, 0.29) is 5.91 Å². The Morgan fingerprint density at radius 1 is 1.00 bits per heavy atom. The Bertz CT molecular complexity index is 718. The lowest BCUT2D eigenvalue weighted by Crippen LogP contribution is -2.35. The molecule has 0 bridgehead atoms. The number of carbonyl (C=O) groups excluding carboxylic acids is 1. The smallest absolute Gasteiger partial charge is 0.259 e. The third kappa shape index (κ3) is 3.84. The molecule has 2 aromatic rings. The number of aromatic nitrogens is 1. The summed E-state index contributed by atoms with van der Waals surface area (Å²) in [5.74, 6) is 1.20. The van der Waals surface area contributed by atoms with Crippen LogP contribution in [-0.4, -0.2) is 56.2 Å². The molecule has 1 fully saturated rings. The summed E-state index contributed by atoms with van der Waals surface area (Å²) in [5, 5.41) is 0. The van der Waals surface area contributed by atoms with Crippen LogP contribution in [0.1, 0.15) is 16.8 Å². The summed E-state index contributed by atoms with van der Waals surface area (Å²) in [4.78, 5) is 21.1. The molecular weight excluding hydrogens is 318 g/mol. The Kier molecular flexibility index (Phi) is 5.38. The number of benzene rings is 1. The van der Waals surface area contributed by atoms with Crippen LogP contribution in [-0.2, 0) is 0 Å². The van der Waals surface area contributed by atoms with Crippen molar-refractivity contribution >= 4 is 11.6 Å². The number of carbonyl (C=O) groups is 1. The van der Waals surface area contributed by atoms with E-state index in [1.54, 1.807) is 25.4 Å². The molecule has 0 radical (unpaired) electrons. The Labute approximate surface area is 148 Å². The number of methoxy groups -OCH3 is 2. The van der Waals surface area contributed by atoms with Crippen molar-refractivity contribution in [2.24, 2.45) is 0 Å². The maximum Gasteiger partial charge on any atom is 0.259 e. The van der Waals surface area contributed by atoms with Crippen LogP contribution in [0.4, 0.5) is 5.69 Å². The van der Waals surface area contributed by atoms with E-state index in [9.17, 15) is 4.79 Å². The maximum absolute atomic E-state index is 12.8. The van der Waals surface area contributed by atoms with Crippen LogP contribution in [0, 0.1) is 0 Å². The van der Waals surface area contributed by atoms with Gasteiger partial charge in [0.25, 0.3) is 5.91 Å². The number of hydrogen-bond acceptors (Lipinski definition) is 5. The number of pyridine rings is 1. The summed E-state index contributed by atoms with van der Waals surface area (Å²) < 4.78 is 10.4. The number of rotatable bonds is 4. The first-order chi connectivity index (χ1) is 12.2. The number of anilines is 1. The molecule has 1 aromatic carbocycles. The fourth-order valence-corrected chi connectivity index (χ4v) is 3.06. The van der Waals surface area contributed by atoms with Crippen LogP contribution in [0.5, 0.6) is 11.6 Å². The third-order valence-corrected chi connectivity index (χ3v) is 4.42. The molecule has 132 valence electrons. The lowest BCUT2D eigenvalue weighted by Gasteiger charge is -2.24. The van der Waals surface area contributed by atoms with E-state index in [1.165, 1.54) is 7.11 Å². The van der Waals surface area contributed by atoms with Crippen molar-refractivity contribution in [2.45, 2.75) is 6.42 Å². The molecule has 1 aromatic heterocycles. The van der Waals surface area contributed by atoms with Crippen molar-refractivity contribution in [1.29, 1.82) is 0 Å². The highest BCUT2D eigenvalue weighted by atomic mass is 16.5. The van der Waals surface area contributed by atoms with Crippen molar-refractivity contribution in [3.05, 3.63) is 48.2 Å². The van der Waals surface area contributed by atoms with Gasteiger partial charge >= 0.3 is 0 Å². The van der Waals surface area contributed by atoms with Crippen LogP contribution in [0.2, 0.25) is 0 Å². The van der Waals surface area contributed by atoms with Gasteiger partial charge in [0.2, 0.25) is 5.88 Å². The van der Waals surface area contributed by atoms with E-state index in [0.29, 0.717) is 18.0 Å². The number of ether oxygens (including phenoxy) is 2. The van der Waals surface area contributed by atoms with Gasteiger partial charge in [-0.15, -0.1) is 0 Å². The first-order valence-electron chi connectivity index (χ1n) is 8.40. The minimum atomic E-state index is -0.0264. The largest absolute Gasteiger partial charge is 0.497 e. The van der Waals surface area contributed by atoms with Crippen LogP contribution in [0.25, 0.3) is 0 Å². The Balaban J connectivity index is 1.69. The SMILES string of the molecule is COc1ccc(N2CCCN(C(=O)c3cccnc3OC)CC2)cc1. The molecule has 0 unspecified atom stereocenters. The highest BCUT2D eigenvalue weighted by Crippen LogP contribution is 2.22. The Morgan fingerprint density at radius 3 is 2.52 bits per heavy atom. The van der Waals surface area contributed by atoms with Gasteiger partial charge in [0.05, 0.1) is 14.2 Å². The minimum absolute atomic E-state index is 0.0264. The molecule has 0 aliphatic carbocycles. The molecule has 1 amide bonds. The summed E-state index contributed by atoms with van der Waals surface area (Å²) in [5.41, 5.74) is 1.66. The van der Waals surface area contributed by atoms with Crippen molar-refractivity contribution in [2.75, 3.05) is 45.3 Å². The van der Waals surface area contributed by atoms with Crippen molar-refractivity contribution in [3.63, 3.8) is 0 Å². The third-order valence-electron chi connectivity index (χ3n) is 4.42. The summed E-state index contributed by atoms with van der Waals surface area (Å²) in [7, 11) is 3.20. The van der Waals surface area contributed by atoms with E-state index in [0.717, 1.165) is 37.5 Å². The second kappa shape index (κ2) is 7.88. The van der Waals surface area contributed by atoms with Gasteiger partial charge in [-0.3, -0.25) is 4.79 Å². The molecule has 1 aliphatic rings. The number of nitrogens with zero attached hydrogens (tertiary/aromatic N) is 3. The molecule has 0 spiro atoms. The van der Waals surface area contributed by atoms with Crippen molar-refractivity contribution in [3.8, 4) is 11.6 Å². The molecule has 0 atom stereocenters. The molecule has 6 heteroatoms. The van der Waals surface area contributed by atoms with Crippen LogP contribution >= 0.6 is 0 Å². The second-order valence-electron chi connectivity index (χ2n) is 5.89. The molecule has 0 saturated carbocycles. The highest BCUT2D eigenvalue weighted by molar-refractivity contribution is 5.96. The Hall–Kier alpha value is -2.76. The monoisotopic (exact) mass is 341 g/mol. The predicted octanol–water partition coefficient (Wildman–Crippen LogP) is 2.45. The van der Waals surface area contributed by atoms with Crippen molar-refractivity contribution < 1.29 is 14.3 Å². The van der Waals surface area contributed by atoms with Gasteiger partial charge in [-0.25, -0.2) is 4.98 Å². The van der Waals surface area contributed by atoms with Gasteiger partial charge in [0.15, 0.2) is 0 Å². The minimum Gasteiger partial charge on any atom is -0.497 e. The zero-order valence-corrected chi connectivity index (χ0v) is 14.6. The zero-order valence-electron chi connectivity index (χ0n) is 14.6. The van der Waals surface area contributed by atoms with E-state index < -0.39 is 0 Å². The van der Waals surface area contributed by atoms with Crippen LogP contribution in [0.3, 0.4) is 0 Å². The van der Waals surface area contributed by atoms with Gasteiger partial charge in [-0.1, -0.05) is 0 Å². The lowest BCUT2D eigenvalue weighted by atomic mass is 10.2. The van der Waals surface area contributed by atoms with Gasteiger partial charge in [-0.2, -0.15) is 0 Å².